The minimum atomic E-state index is -0.994. The number of esters is 1. The van der Waals surface area contributed by atoms with Crippen molar-refractivity contribution in [3.05, 3.63) is 48.3 Å². The zero-order valence-corrected chi connectivity index (χ0v) is 15.4. The molecular formula is C19H18FNO5S. The number of benzene rings is 2. The topological polar surface area (TPSA) is 73.9 Å². The lowest BCUT2D eigenvalue weighted by atomic mass is 10.2. The Balaban J connectivity index is 1.50. The first-order valence-electron chi connectivity index (χ1n) is 8.30. The summed E-state index contributed by atoms with van der Waals surface area (Å²) in [4.78, 5) is 24.5. The number of hydrogen-bond acceptors (Lipinski definition) is 6. The highest BCUT2D eigenvalue weighted by atomic mass is 32.2. The van der Waals surface area contributed by atoms with E-state index in [1.54, 1.807) is 36.4 Å². The van der Waals surface area contributed by atoms with Crippen LogP contribution in [0.2, 0.25) is 0 Å². The Kier molecular flexibility index (Phi) is 6.18. The molecular weight excluding hydrogens is 373 g/mol. The number of ether oxygens (including phenoxy) is 3. The number of thioether (sulfide) groups is 1. The van der Waals surface area contributed by atoms with Crippen molar-refractivity contribution in [2.24, 2.45) is 0 Å². The zero-order valence-electron chi connectivity index (χ0n) is 14.6. The summed E-state index contributed by atoms with van der Waals surface area (Å²) < 4.78 is 29.5. The first kappa shape index (κ1) is 19.0. The highest BCUT2D eigenvalue weighted by molar-refractivity contribution is 8.00. The van der Waals surface area contributed by atoms with Crippen LogP contribution in [0.4, 0.5) is 10.1 Å². The predicted octanol–water partition coefficient (Wildman–Crippen LogP) is 3.26. The van der Waals surface area contributed by atoms with Gasteiger partial charge in [0.1, 0.15) is 19.0 Å². The lowest BCUT2D eigenvalue weighted by Crippen LogP contribution is -2.30. The molecule has 2 aromatic carbocycles. The van der Waals surface area contributed by atoms with E-state index in [-0.39, 0.29) is 5.75 Å². The Morgan fingerprint density at radius 2 is 1.93 bits per heavy atom. The summed E-state index contributed by atoms with van der Waals surface area (Å²) in [6, 6.07) is 11.2. The molecule has 1 aliphatic heterocycles. The lowest BCUT2D eigenvalue weighted by Gasteiger charge is -2.19. The maximum absolute atomic E-state index is 13.5. The molecule has 0 saturated heterocycles. The normalized spacial score (nSPS) is 13.6. The number of carbonyl (C=O) groups is 2. The molecule has 0 bridgehead atoms. The van der Waals surface area contributed by atoms with Crippen LogP contribution in [0.1, 0.15) is 6.92 Å². The smallest absolute Gasteiger partial charge is 0.317 e. The highest BCUT2D eigenvalue weighted by Crippen LogP contribution is 2.32. The standard InChI is InChI=1S/C19H18FNO5S/c1-12(26-18(22)11-27-17-5-3-2-4-14(17)20)19(23)21-13-6-7-15-16(10-13)25-9-8-24-15/h2-7,10,12H,8-9,11H2,1H3,(H,21,23)/t12-/m0/s1. The fourth-order valence-electron chi connectivity index (χ4n) is 2.35. The zero-order chi connectivity index (χ0) is 19.2. The Bertz CT molecular complexity index is 845. The van der Waals surface area contributed by atoms with Gasteiger partial charge in [-0.25, -0.2) is 4.39 Å². The number of amides is 1. The van der Waals surface area contributed by atoms with Crippen LogP contribution >= 0.6 is 11.8 Å². The molecule has 0 aliphatic carbocycles. The molecule has 1 atom stereocenters. The maximum atomic E-state index is 13.5. The summed E-state index contributed by atoms with van der Waals surface area (Å²) in [6.45, 7) is 2.40. The predicted molar refractivity (Wildman–Crippen MR) is 98.7 cm³/mol. The molecule has 0 radical (unpaired) electrons. The van der Waals surface area contributed by atoms with Crippen molar-refractivity contribution in [1.29, 1.82) is 0 Å². The fourth-order valence-corrected chi connectivity index (χ4v) is 3.07. The summed E-state index contributed by atoms with van der Waals surface area (Å²) in [5, 5.41) is 2.66. The molecule has 1 amide bonds. The van der Waals surface area contributed by atoms with Gasteiger partial charge in [-0.3, -0.25) is 9.59 Å². The van der Waals surface area contributed by atoms with Gasteiger partial charge in [0.05, 0.1) is 5.75 Å². The quantitative estimate of drug-likeness (QED) is 0.602. The molecule has 142 valence electrons. The van der Waals surface area contributed by atoms with Crippen molar-refractivity contribution in [2.75, 3.05) is 24.3 Å². The molecule has 0 aromatic heterocycles. The second-order valence-electron chi connectivity index (χ2n) is 5.70. The van der Waals surface area contributed by atoms with Gasteiger partial charge in [-0.05, 0) is 31.2 Å². The average Bonchev–Trinajstić information content (AvgIpc) is 2.67. The molecule has 0 fully saturated rings. The van der Waals surface area contributed by atoms with E-state index >= 15 is 0 Å². The van der Waals surface area contributed by atoms with Gasteiger partial charge in [-0.15, -0.1) is 11.8 Å². The second-order valence-corrected chi connectivity index (χ2v) is 6.72. The number of fused-ring (bicyclic) bond motifs is 1. The number of halogens is 1. The van der Waals surface area contributed by atoms with Crippen LogP contribution in [0.5, 0.6) is 11.5 Å². The fraction of sp³-hybridized carbons (Fsp3) is 0.263. The SMILES string of the molecule is C[C@H](OC(=O)CSc1ccccc1F)C(=O)Nc1ccc2c(c1)OCCO2. The van der Waals surface area contributed by atoms with E-state index in [4.69, 9.17) is 14.2 Å². The van der Waals surface area contributed by atoms with E-state index in [1.165, 1.54) is 13.0 Å². The minimum Gasteiger partial charge on any atom is -0.486 e. The van der Waals surface area contributed by atoms with Crippen LogP contribution in [0.15, 0.2) is 47.4 Å². The maximum Gasteiger partial charge on any atom is 0.317 e. The molecule has 6 nitrogen and oxygen atoms in total. The summed E-state index contributed by atoms with van der Waals surface area (Å²) in [6.07, 6.45) is -0.994. The molecule has 0 spiro atoms. The largest absolute Gasteiger partial charge is 0.486 e. The Morgan fingerprint density at radius 3 is 2.70 bits per heavy atom. The van der Waals surface area contributed by atoms with E-state index < -0.39 is 23.8 Å². The number of hydrogen-bond donors (Lipinski definition) is 1. The lowest BCUT2D eigenvalue weighted by molar-refractivity contribution is -0.150. The summed E-state index contributed by atoms with van der Waals surface area (Å²) in [5.41, 5.74) is 0.507. The number of nitrogens with one attached hydrogen (secondary N) is 1. The Morgan fingerprint density at radius 1 is 1.19 bits per heavy atom. The third-order valence-corrected chi connectivity index (χ3v) is 4.69. The van der Waals surface area contributed by atoms with Crippen molar-refractivity contribution in [3.63, 3.8) is 0 Å². The van der Waals surface area contributed by atoms with Gasteiger partial charge < -0.3 is 19.5 Å². The van der Waals surface area contributed by atoms with Gasteiger partial charge in [0.25, 0.3) is 5.91 Å². The van der Waals surface area contributed by atoms with Crippen molar-refractivity contribution in [2.45, 2.75) is 17.9 Å². The molecule has 1 N–H and O–H groups in total. The van der Waals surface area contributed by atoms with Crippen molar-refractivity contribution in [1.82, 2.24) is 0 Å². The van der Waals surface area contributed by atoms with Crippen LogP contribution in [0.25, 0.3) is 0 Å². The number of anilines is 1. The summed E-state index contributed by atoms with van der Waals surface area (Å²) in [7, 11) is 0. The van der Waals surface area contributed by atoms with Crippen molar-refractivity contribution >= 4 is 29.3 Å². The molecule has 1 aliphatic rings. The Hall–Kier alpha value is -2.74. The van der Waals surface area contributed by atoms with Gasteiger partial charge in [-0.2, -0.15) is 0 Å². The molecule has 3 rings (SSSR count). The second kappa shape index (κ2) is 8.77. The van der Waals surface area contributed by atoms with E-state index in [0.717, 1.165) is 11.8 Å². The van der Waals surface area contributed by atoms with E-state index in [2.05, 4.69) is 5.32 Å². The number of rotatable bonds is 6. The van der Waals surface area contributed by atoms with Crippen LogP contribution in [0, 0.1) is 5.82 Å². The van der Waals surface area contributed by atoms with Gasteiger partial charge >= 0.3 is 5.97 Å². The van der Waals surface area contributed by atoms with Gasteiger partial charge in [-0.1, -0.05) is 12.1 Å². The van der Waals surface area contributed by atoms with Crippen LogP contribution in [-0.2, 0) is 14.3 Å². The van der Waals surface area contributed by atoms with Crippen LogP contribution in [-0.4, -0.2) is 36.9 Å². The third-order valence-electron chi connectivity index (χ3n) is 3.67. The number of carbonyl (C=O) groups excluding carboxylic acids is 2. The Labute approximate surface area is 160 Å². The van der Waals surface area contributed by atoms with Crippen molar-refractivity contribution in [3.8, 4) is 11.5 Å². The van der Waals surface area contributed by atoms with E-state index in [0.29, 0.717) is 35.3 Å². The molecule has 27 heavy (non-hydrogen) atoms. The van der Waals surface area contributed by atoms with Crippen LogP contribution < -0.4 is 14.8 Å². The van der Waals surface area contributed by atoms with E-state index in [1.807, 2.05) is 0 Å². The summed E-state index contributed by atoms with van der Waals surface area (Å²) in [5.74, 6) is -0.416. The van der Waals surface area contributed by atoms with Crippen molar-refractivity contribution < 1.29 is 28.2 Å². The average molecular weight is 391 g/mol. The third kappa shape index (κ3) is 5.13. The summed E-state index contributed by atoms with van der Waals surface area (Å²) >= 11 is 1.02. The molecule has 1 heterocycles. The van der Waals surface area contributed by atoms with Gasteiger partial charge in [0.2, 0.25) is 0 Å². The first-order chi connectivity index (χ1) is 13.0. The molecule has 0 saturated carbocycles. The van der Waals surface area contributed by atoms with Gasteiger partial charge in [0.15, 0.2) is 17.6 Å². The van der Waals surface area contributed by atoms with E-state index in [9.17, 15) is 14.0 Å². The molecule has 0 unspecified atom stereocenters. The van der Waals surface area contributed by atoms with Gasteiger partial charge in [0, 0.05) is 16.6 Å². The first-order valence-corrected chi connectivity index (χ1v) is 9.29. The molecule has 8 heteroatoms. The highest BCUT2D eigenvalue weighted by Gasteiger charge is 2.19. The van der Waals surface area contributed by atoms with Crippen LogP contribution in [0.3, 0.4) is 0 Å². The monoisotopic (exact) mass is 391 g/mol. The minimum absolute atomic E-state index is 0.0947. The molecule has 2 aromatic rings.